The van der Waals surface area contributed by atoms with Crippen molar-refractivity contribution in [2.75, 3.05) is 19.1 Å². The molecule has 12 heavy (non-hydrogen) atoms. The second-order valence-electron chi connectivity index (χ2n) is 2.59. The minimum absolute atomic E-state index is 0.338. The lowest BCUT2D eigenvalue weighted by atomic mass is 10.3. The molecule has 0 bridgehead atoms. The maximum atomic E-state index is 5.59. The normalized spacial score (nSPS) is 13.6. The van der Waals surface area contributed by atoms with E-state index in [1.54, 1.807) is 0 Å². The molecule has 3 heteroatoms. The summed E-state index contributed by atoms with van der Waals surface area (Å²) in [6.45, 7) is 7.04. The molecule has 0 aromatic heterocycles. The van der Waals surface area contributed by atoms with Crippen LogP contribution in [-0.4, -0.2) is 24.8 Å². The van der Waals surface area contributed by atoms with Gasteiger partial charge in [-0.1, -0.05) is 18.7 Å². The summed E-state index contributed by atoms with van der Waals surface area (Å²) >= 11 is 5.59. The molecule has 2 unspecified atom stereocenters. The highest BCUT2D eigenvalue weighted by Crippen LogP contribution is 2.03. The van der Waals surface area contributed by atoms with Gasteiger partial charge in [-0.2, -0.15) is 0 Å². The highest BCUT2D eigenvalue weighted by molar-refractivity contribution is 7.17. The summed E-state index contributed by atoms with van der Waals surface area (Å²) in [6, 6.07) is 0. The maximum absolute atomic E-state index is 5.59. The van der Waals surface area contributed by atoms with Crippen LogP contribution in [0.3, 0.4) is 0 Å². The molecule has 0 heterocycles. The topological polar surface area (TPSA) is 9.23 Å². The molecule has 0 spiro atoms. The standard InChI is InChI=1S/C9H16ClOP/c1-3-4-8(2)6-11-7-9(12)5-10/h3-4,9H,2,5-7,12H2,1H3/b4-3-. The summed E-state index contributed by atoms with van der Waals surface area (Å²) in [5.74, 6) is 0.612. The third kappa shape index (κ3) is 6.84. The van der Waals surface area contributed by atoms with Crippen LogP contribution in [0.2, 0.25) is 0 Å². The molecule has 2 atom stereocenters. The molecule has 0 amide bonds. The number of ether oxygens (including phenoxy) is 1. The lowest BCUT2D eigenvalue weighted by molar-refractivity contribution is 0.162. The fourth-order valence-corrected chi connectivity index (χ4v) is 0.895. The van der Waals surface area contributed by atoms with E-state index < -0.39 is 0 Å². The van der Waals surface area contributed by atoms with Gasteiger partial charge in [-0.3, -0.25) is 0 Å². The SMILES string of the molecule is C=C(/C=C\C)COCC(P)CCl. The molecule has 0 aromatic rings. The first kappa shape index (κ1) is 12.2. The Hall–Kier alpha value is 0.160. The van der Waals surface area contributed by atoms with Crippen LogP contribution in [-0.2, 0) is 4.74 Å². The number of hydrogen-bond acceptors (Lipinski definition) is 1. The minimum Gasteiger partial charge on any atom is -0.376 e. The van der Waals surface area contributed by atoms with Gasteiger partial charge in [-0.25, -0.2) is 0 Å². The first-order valence-corrected chi connectivity index (χ1v) is 5.10. The molecule has 0 aliphatic carbocycles. The van der Waals surface area contributed by atoms with Gasteiger partial charge in [0.1, 0.15) is 0 Å². The van der Waals surface area contributed by atoms with Crippen molar-refractivity contribution < 1.29 is 4.74 Å². The zero-order chi connectivity index (χ0) is 9.40. The van der Waals surface area contributed by atoms with Gasteiger partial charge in [0.25, 0.3) is 0 Å². The maximum Gasteiger partial charge on any atom is 0.0711 e. The van der Waals surface area contributed by atoms with Crippen LogP contribution in [0.4, 0.5) is 0 Å². The summed E-state index contributed by atoms with van der Waals surface area (Å²) < 4.78 is 5.34. The average molecular weight is 207 g/mol. The van der Waals surface area contributed by atoms with Crippen LogP contribution in [0.15, 0.2) is 24.3 Å². The monoisotopic (exact) mass is 206 g/mol. The van der Waals surface area contributed by atoms with E-state index in [4.69, 9.17) is 16.3 Å². The Kier molecular flexibility index (Phi) is 7.89. The zero-order valence-electron chi connectivity index (χ0n) is 7.42. The van der Waals surface area contributed by atoms with E-state index in [1.165, 1.54) is 0 Å². The van der Waals surface area contributed by atoms with Crippen molar-refractivity contribution in [3.8, 4) is 0 Å². The molecule has 0 fully saturated rings. The molecule has 1 nitrogen and oxygen atoms in total. The van der Waals surface area contributed by atoms with Crippen LogP contribution in [0.1, 0.15) is 6.92 Å². The van der Waals surface area contributed by atoms with Crippen LogP contribution < -0.4 is 0 Å². The van der Waals surface area contributed by atoms with Crippen molar-refractivity contribution in [2.45, 2.75) is 12.6 Å². The van der Waals surface area contributed by atoms with E-state index in [9.17, 15) is 0 Å². The Morgan fingerprint density at radius 3 is 2.92 bits per heavy atom. The largest absolute Gasteiger partial charge is 0.376 e. The van der Waals surface area contributed by atoms with E-state index in [-0.39, 0.29) is 0 Å². The van der Waals surface area contributed by atoms with Gasteiger partial charge < -0.3 is 4.74 Å². The Labute approximate surface area is 82.0 Å². The first-order valence-electron chi connectivity index (χ1n) is 3.90. The fourth-order valence-electron chi connectivity index (χ4n) is 0.670. The summed E-state index contributed by atoms with van der Waals surface area (Å²) in [5.41, 5.74) is 1.33. The summed E-state index contributed by atoms with van der Waals surface area (Å²) in [5, 5.41) is 0. The van der Waals surface area contributed by atoms with Crippen molar-refractivity contribution in [3.05, 3.63) is 24.3 Å². The third-order valence-electron chi connectivity index (χ3n) is 1.22. The minimum atomic E-state index is 0.338. The first-order chi connectivity index (χ1) is 5.70. The predicted octanol–water partition coefficient (Wildman–Crippen LogP) is 2.62. The third-order valence-corrected chi connectivity index (χ3v) is 2.34. The molecule has 0 rings (SSSR count). The second-order valence-corrected chi connectivity index (χ2v) is 3.84. The van der Waals surface area contributed by atoms with Crippen LogP contribution in [0, 0.1) is 0 Å². The zero-order valence-corrected chi connectivity index (χ0v) is 9.33. The molecule has 0 saturated carbocycles. The van der Waals surface area contributed by atoms with Gasteiger partial charge >= 0.3 is 0 Å². The molecule has 0 aliphatic heterocycles. The summed E-state index contributed by atoms with van der Waals surface area (Å²) in [4.78, 5) is 0. The predicted molar refractivity (Wildman–Crippen MR) is 59.0 cm³/mol. The van der Waals surface area contributed by atoms with Crippen molar-refractivity contribution in [1.29, 1.82) is 0 Å². The number of hydrogen-bond donors (Lipinski definition) is 0. The molecule has 0 saturated heterocycles. The molecule has 0 radical (unpaired) electrons. The van der Waals surface area contributed by atoms with Crippen LogP contribution in [0.5, 0.6) is 0 Å². The lowest BCUT2D eigenvalue weighted by Crippen LogP contribution is -2.10. The number of halogens is 1. The van der Waals surface area contributed by atoms with Crippen molar-refractivity contribution >= 4 is 20.8 Å². The quantitative estimate of drug-likeness (QED) is 0.369. The molecule has 0 aliphatic rings. The van der Waals surface area contributed by atoms with E-state index >= 15 is 0 Å². The lowest BCUT2D eigenvalue weighted by Gasteiger charge is -2.07. The van der Waals surface area contributed by atoms with E-state index in [0.717, 1.165) is 5.57 Å². The van der Waals surface area contributed by atoms with E-state index in [2.05, 4.69) is 15.8 Å². The smallest absolute Gasteiger partial charge is 0.0711 e. The summed E-state index contributed by atoms with van der Waals surface area (Å²) in [7, 11) is 2.64. The molecular weight excluding hydrogens is 191 g/mol. The van der Waals surface area contributed by atoms with Gasteiger partial charge in [0.15, 0.2) is 0 Å². The molecular formula is C9H16ClOP. The van der Waals surface area contributed by atoms with Crippen molar-refractivity contribution in [1.82, 2.24) is 0 Å². The van der Waals surface area contributed by atoms with Gasteiger partial charge in [0, 0.05) is 11.5 Å². The van der Waals surface area contributed by atoms with Gasteiger partial charge in [-0.05, 0) is 12.5 Å². The van der Waals surface area contributed by atoms with Gasteiger partial charge in [0.2, 0.25) is 0 Å². The second kappa shape index (κ2) is 7.79. The molecule has 0 aromatic carbocycles. The van der Waals surface area contributed by atoms with E-state index in [1.807, 2.05) is 19.1 Å². The number of alkyl halides is 1. The Morgan fingerprint density at radius 1 is 1.75 bits per heavy atom. The highest BCUT2D eigenvalue weighted by Gasteiger charge is 1.99. The van der Waals surface area contributed by atoms with Crippen molar-refractivity contribution in [2.24, 2.45) is 0 Å². The number of rotatable bonds is 6. The van der Waals surface area contributed by atoms with Crippen LogP contribution >= 0.6 is 20.8 Å². The fraction of sp³-hybridized carbons (Fsp3) is 0.556. The number of allylic oxidation sites excluding steroid dienone is 1. The Bertz CT molecular complexity index is 157. The Balaban J connectivity index is 3.37. The molecule has 70 valence electrons. The Morgan fingerprint density at radius 2 is 2.42 bits per heavy atom. The highest BCUT2D eigenvalue weighted by atomic mass is 35.5. The van der Waals surface area contributed by atoms with Crippen LogP contribution in [0.25, 0.3) is 0 Å². The van der Waals surface area contributed by atoms with Gasteiger partial charge in [-0.15, -0.1) is 20.8 Å². The van der Waals surface area contributed by atoms with E-state index in [0.29, 0.717) is 24.8 Å². The van der Waals surface area contributed by atoms with Gasteiger partial charge in [0.05, 0.1) is 13.2 Å². The van der Waals surface area contributed by atoms with Crippen molar-refractivity contribution in [3.63, 3.8) is 0 Å². The average Bonchev–Trinajstić information content (AvgIpc) is 2.04. The summed E-state index contributed by atoms with van der Waals surface area (Å²) in [6.07, 6.45) is 3.89. The molecule has 0 N–H and O–H groups in total.